The van der Waals surface area contributed by atoms with E-state index in [9.17, 15) is 9.59 Å². The number of benzene rings is 1. The first kappa shape index (κ1) is 12.2. The number of halogens is 1. The van der Waals surface area contributed by atoms with E-state index in [0.29, 0.717) is 22.6 Å². The molecule has 1 aromatic heterocycles. The number of amides is 1. The Bertz CT molecular complexity index is 678. The van der Waals surface area contributed by atoms with Crippen LogP contribution in [0.2, 0.25) is 5.02 Å². The first-order valence-electron chi connectivity index (χ1n) is 5.76. The number of furan rings is 1. The average molecular weight is 280 g/mol. The van der Waals surface area contributed by atoms with Crippen molar-refractivity contribution in [2.24, 2.45) is 11.8 Å². The van der Waals surface area contributed by atoms with Crippen LogP contribution in [0.4, 0.5) is 0 Å². The van der Waals surface area contributed by atoms with Gasteiger partial charge in [-0.15, -0.1) is 0 Å². The summed E-state index contributed by atoms with van der Waals surface area (Å²) in [7, 11) is 0. The van der Waals surface area contributed by atoms with Crippen LogP contribution in [-0.2, 0) is 4.79 Å². The van der Waals surface area contributed by atoms with E-state index in [1.54, 1.807) is 23.7 Å². The maximum absolute atomic E-state index is 12.2. The smallest absolute Gasteiger partial charge is 0.247 e. The summed E-state index contributed by atoms with van der Waals surface area (Å²) < 4.78 is 5.20. The zero-order valence-electron chi connectivity index (χ0n) is 9.72. The highest BCUT2D eigenvalue weighted by molar-refractivity contribution is 6.35. The molecule has 0 spiro atoms. The zero-order valence-corrected chi connectivity index (χ0v) is 10.5. The van der Waals surface area contributed by atoms with Crippen LogP contribution in [0.15, 0.2) is 28.9 Å². The molecule has 1 saturated carbocycles. The lowest BCUT2D eigenvalue weighted by Crippen LogP contribution is -2.22. The topological polar surface area (TPSA) is 79.5 Å². The van der Waals surface area contributed by atoms with E-state index in [1.807, 2.05) is 0 Å². The van der Waals surface area contributed by atoms with Gasteiger partial charge in [-0.3, -0.25) is 14.8 Å². The third-order valence-corrected chi connectivity index (χ3v) is 3.65. The quantitative estimate of drug-likeness (QED) is 0.514. The molecule has 2 atom stereocenters. The Labute approximate surface area is 113 Å². The molecule has 1 fully saturated rings. The fourth-order valence-corrected chi connectivity index (χ4v) is 2.52. The molecule has 6 heteroatoms. The number of rotatable bonds is 3. The molecule has 0 bridgehead atoms. The average Bonchev–Trinajstić information content (AvgIpc) is 3.06. The second kappa shape index (κ2) is 4.36. The summed E-state index contributed by atoms with van der Waals surface area (Å²) in [5.41, 5.74) is 2.56. The maximum Gasteiger partial charge on any atom is 0.247 e. The summed E-state index contributed by atoms with van der Waals surface area (Å²) in [5, 5.41) is 9.65. The Kier molecular flexibility index (Phi) is 2.80. The van der Waals surface area contributed by atoms with Crippen molar-refractivity contribution in [3.05, 3.63) is 35.0 Å². The Morgan fingerprint density at radius 1 is 1.37 bits per heavy atom. The minimum Gasteiger partial charge on any atom is -0.463 e. The lowest BCUT2D eigenvalue weighted by atomic mass is 10.0. The molecule has 0 saturated heterocycles. The van der Waals surface area contributed by atoms with Gasteiger partial charge in [-0.25, -0.2) is 5.48 Å². The second-order valence-electron chi connectivity index (χ2n) is 4.59. The van der Waals surface area contributed by atoms with Crippen molar-refractivity contribution in [3.63, 3.8) is 0 Å². The summed E-state index contributed by atoms with van der Waals surface area (Å²) in [5.74, 6) is -1.49. The molecule has 0 unspecified atom stereocenters. The first-order chi connectivity index (χ1) is 9.11. The summed E-state index contributed by atoms with van der Waals surface area (Å²) in [6.07, 6.45) is 1.95. The number of Topliss-reactive ketones (excluding diaryl/α,β-unsaturated/α-hetero) is 1. The van der Waals surface area contributed by atoms with Crippen molar-refractivity contribution in [2.45, 2.75) is 6.42 Å². The molecule has 98 valence electrons. The third-order valence-electron chi connectivity index (χ3n) is 3.36. The third kappa shape index (κ3) is 2.01. The van der Waals surface area contributed by atoms with E-state index in [2.05, 4.69) is 0 Å². The second-order valence-corrected chi connectivity index (χ2v) is 4.99. The Morgan fingerprint density at radius 2 is 2.16 bits per heavy atom. The van der Waals surface area contributed by atoms with Crippen LogP contribution < -0.4 is 5.48 Å². The summed E-state index contributed by atoms with van der Waals surface area (Å²) in [4.78, 5) is 23.4. The Hall–Kier alpha value is -1.85. The van der Waals surface area contributed by atoms with Crippen molar-refractivity contribution in [3.8, 4) is 0 Å². The van der Waals surface area contributed by atoms with Gasteiger partial charge in [0.25, 0.3) is 0 Å². The lowest BCUT2D eigenvalue weighted by Gasteiger charge is -2.02. The highest BCUT2D eigenvalue weighted by Gasteiger charge is 2.48. The number of hydroxylamine groups is 1. The highest BCUT2D eigenvalue weighted by atomic mass is 35.5. The van der Waals surface area contributed by atoms with E-state index in [4.69, 9.17) is 21.2 Å². The van der Waals surface area contributed by atoms with Crippen molar-refractivity contribution >= 4 is 34.3 Å². The van der Waals surface area contributed by atoms with Gasteiger partial charge in [0.1, 0.15) is 0 Å². The molecule has 0 aliphatic heterocycles. The molecule has 3 rings (SSSR count). The van der Waals surface area contributed by atoms with Crippen LogP contribution >= 0.6 is 11.6 Å². The van der Waals surface area contributed by atoms with Crippen molar-refractivity contribution in [2.75, 3.05) is 0 Å². The lowest BCUT2D eigenvalue weighted by molar-refractivity contribution is -0.130. The van der Waals surface area contributed by atoms with Gasteiger partial charge < -0.3 is 4.42 Å². The molecule has 1 aliphatic rings. The molecule has 0 radical (unpaired) electrons. The van der Waals surface area contributed by atoms with Crippen LogP contribution in [0.1, 0.15) is 16.8 Å². The molecule has 19 heavy (non-hydrogen) atoms. The van der Waals surface area contributed by atoms with Gasteiger partial charge in [-0.2, -0.15) is 0 Å². The molecule has 1 amide bonds. The summed E-state index contributed by atoms with van der Waals surface area (Å²) >= 11 is 6.03. The molecule has 2 aromatic rings. The van der Waals surface area contributed by atoms with Gasteiger partial charge in [0.15, 0.2) is 11.4 Å². The van der Waals surface area contributed by atoms with Gasteiger partial charge >= 0.3 is 0 Å². The van der Waals surface area contributed by atoms with Crippen LogP contribution in [0, 0.1) is 11.8 Å². The van der Waals surface area contributed by atoms with Gasteiger partial charge in [0, 0.05) is 16.9 Å². The van der Waals surface area contributed by atoms with Crippen LogP contribution in [0.25, 0.3) is 11.0 Å². The van der Waals surface area contributed by atoms with E-state index in [1.165, 1.54) is 6.26 Å². The van der Waals surface area contributed by atoms with E-state index in [-0.39, 0.29) is 11.7 Å². The minimum absolute atomic E-state index is 0.140. The number of carbonyl (C=O) groups is 2. The van der Waals surface area contributed by atoms with Crippen molar-refractivity contribution in [1.29, 1.82) is 0 Å². The molecule has 1 heterocycles. The number of hydrogen-bond acceptors (Lipinski definition) is 4. The van der Waals surface area contributed by atoms with Crippen molar-refractivity contribution < 1.29 is 19.2 Å². The minimum atomic E-state index is -0.520. The first-order valence-corrected chi connectivity index (χ1v) is 6.14. The van der Waals surface area contributed by atoms with Gasteiger partial charge in [-0.1, -0.05) is 11.6 Å². The summed E-state index contributed by atoms with van der Waals surface area (Å²) in [6, 6.07) is 4.96. The largest absolute Gasteiger partial charge is 0.463 e. The molecule has 5 nitrogen and oxygen atoms in total. The van der Waals surface area contributed by atoms with Gasteiger partial charge in [-0.05, 0) is 24.6 Å². The SMILES string of the molecule is O=C(NO)[C@H]1C[C@@H]1C(=O)c1cc(Cl)c2occc2c1. The Balaban J connectivity index is 1.89. The predicted molar refractivity (Wildman–Crippen MR) is 67.1 cm³/mol. The fraction of sp³-hybridized carbons (Fsp3) is 0.231. The van der Waals surface area contributed by atoms with Gasteiger partial charge in [0.05, 0.1) is 17.2 Å². The molecular formula is C13H10ClNO4. The molecule has 2 N–H and O–H groups in total. The number of nitrogens with one attached hydrogen (secondary N) is 1. The van der Waals surface area contributed by atoms with Crippen LogP contribution in [-0.4, -0.2) is 16.9 Å². The van der Waals surface area contributed by atoms with Crippen molar-refractivity contribution in [1.82, 2.24) is 5.48 Å². The van der Waals surface area contributed by atoms with Gasteiger partial charge in [0.2, 0.25) is 5.91 Å². The number of carbonyl (C=O) groups excluding carboxylic acids is 2. The van der Waals surface area contributed by atoms with E-state index >= 15 is 0 Å². The molecule has 1 aliphatic carbocycles. The Morgan fingerprint density at radius 3 is 2.89 bits per heavy atom. The van der Waals surface area contributed by atoms with E-state index in [0.717, 1.165) is 5.39 Å². The van der Waals surface area contributed by atoms with Crippen LogP contribution in [0.5, 0.6) is 0 Å². The maximum atomic E-state index is 12.2. The monoisotopic (exact) mass is 279 g/mol. The summed E-state index contributed by atoms with van der Waals surface area (Å²) in [6.45, 7) is 0. The molecular weight excluding hydrogens is 270 g/mol. The standard InChI is InChI=1S/C13H10ClNO4/c14-10-4-7(3-6-1-2-19-12(6)10)11(16)8-5-9(8)13(17)15-18/h1-4,8-9,18H,5H2,(H,15,17)/t8-,9-/m0/s1. The number of ketones is 1. The zero-order chi connectivity index (χ0) is 13.6. The predicted octanol–water partition coefficient (Wildman–Crippen LogP) is 2.41. The normalized spacial score (nSPS) is 21.4. The highest BCUT2D eigenvalue weighted by Crippen LogP contribution is 2.42. The number of hydrogen-bond donors (Lipinski definition) is 2. The molecule has 1 aromatic carbocycles. The van der Waals surface area contributed by atoms with E-state index < -0.39 is 11.8 Å². The number of fused-ring (bicyclic) bond motifs is 1. The van der Waals surface area contributed by atoms with Crippen LogP contribution in [0.3, 0.4) is 0 Å². The fourth-order valence-electron chi connectivity index (χ4n) is 2.25.